The number of carbonyl (C=O) groups excluding carboxylic acids is 1. The molecule has 3 aromatic rings. The maximum Gasteiger partial charge on any atom is 0.256 e. The van der Waals surface area contributed by atoms with Gasteiger partial charge in [0.1, 0.15) is 0 Å². The van der Waals surface area contributed by atoms with E-state index in [4.69, 9.17) is 4.74 Å². The number of nitrogens with one attached hydrogen (secondary N) is 2. The van der Waals surface area contributed by atoms with E-state index in [0.29, 0.717) is 29.8 Å². The van der Waals surface area contributed by atoms with Crippen molar-refractivity contribution >= 4 is 38.2 Å². The molecular formula is C23H26N4O5S. The van der Waals surface area contributed by atoms with Crippen molar-refractivity contribution in [1.29, 1.82) is 0 Å². The number of aryl methyl sites for hydroxylation is 1. The predicted molar refractivity (Wildman–Crippen MR) is 128 cm³/mol. The Kier molecular flexibility index (Phi) is 6.24. The molecule has 2 heterocycles. The topological polar surface area (TPSA) is 112 Å². The van der Waals surface area contributed by atoms with Crippen LogP contribution in [0, 0.1) is 6.92 Å². The highest BCUT2D eigenvalue weighted by molar-refractivity contribution is 7.89. The molecular weight excluding hydrogens is 444 g/mol. The molecule has 1 aromatic heterocycles. The number of fused-ring (bicyclic) bond motifs is 1. The number of ether oxygens (including phenoxy) is 1. The summed E-state index contributed by atoms with van der Waals surface area (Å²) in [5.41, 5.74) is 2.61. The van der Waals surface area contributed by atoms with Crippen molar-refractivity contribution in [3.8, 4) is 0 Å². The fourth-order valence-corrected chi connectivity index (χ4v) is 5.39. The third kappa shape index (κ3) is 4.63. The third-order valence-electron chi connectivity index (χ3n) is 5.60. The molecule has 0 unspecified atom stereocenters. The van der Waals surface area contributed by atoms with Crippen molar-refractivity contribution in [2.75, 3.05) is 50.6 Å². The Morgan fingerprint density at radius 3 is 2.48 bits per heavy atom. The summed E-state index contributed by atoms with van der Waals surface area (Å²) in [5.74, 6) is -0.496. The van der Waals surface area contributed by atoms with Gasteiger partial charge in [0.05, 0.1) is 23.7 Å². The molecule has 0 bridgehead atoms. The van der Waals surface area contributed by atoms with Gasteiger partial charge in [0, 0.05) is 55.5 Å². The fraction of sp³-hybridized carbons (Fsp3) is 0.304. The zero-order valence-corrected chi connectivity index (χ0v) is 19.5. The number of aromatic nitrogens is 1. The van der Waals surface area contributed by atoms with Crippen LogP contribution in [0.2, 0.25) is 0 Å². The zero-order chi connectivity index (χ0) is 23.8. The second-order valence-electron chi connectivity index (χ2n) is 8.12. The van der Waals surface area contributed by atoms with E-state index in [1.54, 1.807) is 6.07 Å². The van der Waals surface area contributed by atoms with E-state index in [1.165, 1.54) is 28.6 Å². The van der Waals surface area contributed by atoms with E-state index >= 15 is 0 Å². The van der Waals surface area contributed by atoms with Crippen LogP contribution in [-0.2, 0) is 14.8 Å². The average Bonchev–Trinajstić information content (AvgIpc) is 2.78. The first kappa shape index (κ1) is 23.0. The molecule has 4 rings (SSSR count). The van der Waals surface area contributed by atoms with Crippen molar-refractivity contribution < 1.29 is 17.9 Å². The lowest BCUT2D eigenvalue weighted by molar-refractivity contribution is 0.0730. The Labute approximate surface area is 192 Å². The number of hydrogen-bond acceptors (Lipinski definition) is 6. The van der Waals surface area contributed by atoms with E-state index in [1.807, 2.05) is 38.1 Å². The lowest BCUT2D eigenvalue weighted by Crippen LogP contribution is -2.40. The number of H-pyrrole nitrogens is 1. The van der Waals surface area contributed by atoms with E-state index in [-0.39, 0.29) is 23.5 Å². The molecule has 33 heavy (non-hydrogen) atoms. The largest absolute Gasteiger partial charge is 0.379 e. The molecule has 10 heteroatoms. The predicted octanol–water partition coefficient (Wildman–Crippen LogP) is 2.18. The second-order valence-corrected chi connectivity index (χ2v) is 10.1. The number of sulfonamides is 1. The van der Waals surface area contributed by atoms with Gasteiger partial charge in [-0.1, -0.05) is 0 Å². The molecule has 0 spiro atoms. The number of nitrogens with zero attached hydrogens (tertiary/aromatic N) is 2. The highest BCUT2D eigenvalue weighted by Crippen LogP contribution is 2.25. The molecule has 0 aliphatic carbocycles. The quantitative estimate of drug-likeness (QED) is 0.591. The van der Waals surface area contributed by atoms with Gasteiger partial charge in [-0.3, -0.25) is 9.59 Å². The Hall–Kier alpha value is -3.21. The van der Waals surface area contributed by atoms with Crippen LogP contribution in [0.25, 0.3) is 10.9 Å². The van der Waals surface area contributed by atoms with Crippen LogP contribution < -0.4 is 15.8 Å². The second kappa shape index (κ2) is 8.97. The van der Waals surface area contributed by atoms with E-state index in [0.717, 1.165) is 11.3 Å². The lowest BCUT2D eigenvalue weighted by atomic mass is 10.1. The normalized spacial score (nSPS) is 14.9. The molecule has 0 saturated carbocycles. The Morgan fingerprint density at radius 1 is 1.09 bits per heavy atom. The van der Waals surface area contributed by atoms with Gasteiger partial charge in [0.15, 0.2) is 0 Å². The molecule has 1 aliphatic rings. The number of benzene rings is 2. The van der Waals surface area contributed by atoms with E-state index in [9.17, 15) is 18.0 Å². The fourth-order valence-electron chi connectivity index (χ4n) is 3.95. The van der Waals surface area contributed by atoms with Gasteiger partial charge in [0.25, 0.3) is 5.91 Å². The molecule has 2 aromatic carbocycles. The molecule has 0 atom stereocenters. The molecule has 1 fully saturated rings. The van der Waals surface area contributed by atoms with Crippen molar-refractivity contribution in [3.63, 3.8) is 0 Å². The number of hydrogen-bond donors (Lipinski definition) is 2. The summed E-state index contributed by atoms with van der Waals surface area (Å²) < 4.78 is 32.8. The number of anilines is 2. The van der Waals surface area contributed by atoms with Crippen LogP contribution >= 0.6 is 0 Å². The van der Waals surface area contributed by atoms with Gasteiger partial charge in [-0.15, -0.1) is 0 Å². The van der Waals surface area contributed by atoms with Crippen molar-refractivity contribution in [1.82, 2.24) is 9.29 Å². The van der Waals surface area contributed by atoms with Gasteiger partial charge >= 0.3 is 0 Å². The standard InChI is InChI=1S/C23H26N4O5S/c1-15-12-16(4-7-21(15)26(2)3)24-23(29)19-14-22(28)25-20-6-5-17(13-18(19)20)33(30,31)27-8-10-32-11-9-27/h4-7,12-14H,8-11H2,1-3H3,(H,24,29)(H,25,28). The Balaban J connectivity index is 1.72. The molecule has 1 saturated heterocycles. The van der Waals surface area contributed by atoms with Gasteiger partial charge in [0.2, 0.25) is 15.6 Å². The first-order chi connectivity index (χ1) is 15.7. The maximum absolute atomic E-state index is 13.1. The highest BCUT2D eigenvalue weighted by Gasteiger charge is 2.27. The van der Waals surface area contributed by atoms with Crippen LogP contribution in [0.1, 0.15) is 15.9 Å². The van der Waals surface area contributed by atoms with E-state index < -0.39 is 21.5 Å². The SMILES string of the molecule is Cc1cc(NC(=O)c2cc(=O)[nH]c3ccc(S(=O)(=O)N4CCOCC4)cc23)ccc1N(C)C. The Morgan fingerprint density at radius 2 is 1.82 bits per heavy atom. The minimum absolute atomic E-state index is 0.0594. The molecule has 1 aliphatic heterocycles. The first-order valence-electron chi connectivity index (χ1n) is 10.5. The maximum atomic E-state index is 13.1. The van der Waals surface area contributed by atoms with Gasteiger partial charge in [-0.25, -0.2) is 8.42 Å². The van der Waals surface area contributed by atoms with E-state index in [2.05, 4.69) is 10.3 Å². The van der Waals surface area contributed by atoms with Crippen LogP contribution in [0.15, 0.2) is 52.2 Å². The minimum atomic E-state index is -3.76. The number of aromatic amines is 1. The molecule has 0 radical (unpaired) electrons. The molecule has 1 amide bonds. The average molecular weight is 471 g/mol. The van der Waals surface area contributed by atoms with Crippen LogP contribution in [0.4, 0.5) is 11.4 Å². The van der Waals surface area contributed by atoms with Gasteiger partial charge in [-0.05, 0) is 48.9 Å². The zero-order valence-electron chi connectivity index (χ0n) is 18.7. The Bertz CT molecular complexity index is 1380. The minimum Gasteiger partial charge on any atom is -0.379 e. The number of pyridine rings is 1. The molecule has 9 nitrogen and oxygen atoms in total. The summed E-state index contributed by atoms with van der Waals surface area (Å²) in [6.45, 7) is 3.14. The van der Waals surface area contributed by atoms with Crippen LogP contribution in [0.3, 0.4) is 0 Å². The molecule has 174 valence electrons. The van der Waals surface area contributed by atoms with Crippen molar-refractivity contribution in [2.45, 2.75) is 11.8 Å². The summed E-state index contributed by atoms with van der Waals surface area (Å²) in [6.07, 6.45) is 0. The third-order valence-corrected chi connectivity index (χ3v) is 7.50. The van der Waals surface area contributed by atoms with Crippen LogP contribution in [-0.4, -0.2) is 64.0 Å². The summed E-state index contributed by atoms with van der Waals surface area (Å²) in [5, 5.41) is 3.17. The van der Waals surface area contributed by atoms with Gasteiger partial charge < -0.3 is 19.9 Å². The lowest BCUT2D eigenvalue weighted by Gasteiger charge is -2.26. The number of morpholine rings is 1. The number of rotatable bonds is 5. The van der Waals surface area contributed by atoms with Gasteiger partial charge in [-0.2, -0.15) is 4.31 Å². The first-order valence-corrected chi connectivity index (χ1v) is 11.9. The molecule has 2 N–H and O–H groups in total. The number of amides is 1. The summed E-state index contributed by atoms with van der Waals surface area (Å²) >= 11 is 0. The summed E-state index contributed by atoms with van der Waals surface area (Å²) in [6, 6.07) is 11.1. The monoisotopic (exact) mass is 470 g/mol. The summed E-state index contributed by atoms with van der Waals surface area (Å²) in [7, 11) is 0.114. The smallest absolute Gasteiger partial charge is 0.256 e. The van der Waals surface area contributed by atoms with Crippen LogP contribution in [0.5, 0.6) is 0 Å². The van der Waals surface area contributed by atoms with Crippen molar-refractivity contribution in [3.05, 3.63) is 63.9 Å². The number of carbonyl (C=O) groups is 1. The van der Waals surface area contributed by atoms with Crippen molar-refractivity contribution in [2.24, 2.45) is 0 Å². The highest BCUT2D eigenvalue weighted by atomic mass is 32.2. The summed E-state index contributed by atoms with van der Waals surface area (Å²) in [4.78, 5) is 30.0.